The van der Waals surface area contributed by atoms with E-state index >= 15 is 0 Å². The molecule has 1 aromatic rings. The van der Waals surface area contributed by atoms with Gasteiger partial charge in [0.15, 0.2) is 0 Å². The second-order valence-corrected chi connectivity index (χ2v) is 7.64. The smallest absolute Gasteiger partial charge is 0.225 e. The summed E-state index contributed by atoms with van der Waals surface area (Å²) in [6.45, 7) is 2.23. The molecule has 0 aromatic carbocycles. The molecule has 0 bridgehead atoms. The van der Waals surface area contributed by atoms with Crippen molar-refractivity contribution >= 4 is 16.0 Å². The molecule has 2 aliphatic rings. The van der Waals surface area contributed by atoms with Crippen LogP contribution in [0.5, 0.6) is 0 Å². The van der Waals surface area contributed by atoms with Crippen molar-refractivity contribution < 1.29 is 8.42 Å². The minimum Gasteiger partial charge on any atom is -0.339 e. The lowest BCUT2D eigenvalue weighted by atomic mass is 9.88. The molecule has 2 fully saturated rings. The van der Waals surface area contributed by atoms with Gasteiger partial charge in [0.25, 0.3) is 0 Å². The van der Waals surface area contributed by atoms with Gasteiger partial charge in [0.2, 0.25) is 16.0 Å². The summed E-state index contributed by atoms with van der Waals surface area (Å²) in [6, 6.07) is 1.79. The van der Waals surface area contributed by atoms with Gasteiger partial charge >= 0.3 is 0 Å². The molecule has 2 aliphatic heterocycles. The zero-order valence-corrected chi connectivity index (χ0v) is 12.5. The molecule has 3 heterocycles. The molecule has 110 valence electrons. The minimum atomic E-state index is -3.15. The van der Waals surface area contributed by atoms with Gasteiger partial charge in [0.1, 0.15) is 0 Å². The standard InChI is InChI=1S/C13H20N4O2S/c1-20(18,19)17-10-3-6-13(17)5-2-9-16(11-13)12-14-7-4-8-15-12/h4,7-8H,2-3,5-6,9-11H2,1H3/t13-/m0/s1. The number of rotatable bonds is 2. The summed E-state index contributed by atoms with van der Waals surface area (Å²) < 4.78 is 25.8. The number of piperidine rings is 1. The molecule has 1 spiro atoms. The zero-order valence-electron chi connectivity index (χ0n) is 11.7. The van der Waals surface area contributed by atoms with E-state index in [-0.39, 0.29) is 5.54 Å². The van der Waals surface area contributed by atoms with Crippen molar-refractivity contribution in [3.8, 4) is 0 Å². The Morgan fingerprint density at radius 3 is 2.45 bits per heavy atom. The normalized spacial score (nSPS) is 28.1. The van der Waals surface area contributed by atoms with Crippen molar-refractivity contribution in [3.63, 3.8) is 0 Å². The van der Waals surface area contributed by atoms with Gasteiger partial charge in [-0.25, -0.2) is 18.4 Å². The number of hydrogen-bond donors (Lipinski definition) is 0. The van der Waals surface area contributed by atoms with Gasteiger partial charge in [0, 0.05) is 32.0 Å². The molecule has 0 radical (unpaired) electrons. The van der Waals surface area contributed by atoms with E-state index in [9.17, 15) is 8.42 Å². The van der Waals surface area contributed by atoms with Crippen LogP contribution < -0.4 is 4.90 Å². The largest absolute Gasteiger partial charge is 0.339 e. The van der Waals surface area contributed by atoms with Crippen LogP contribution in [-0.2, 0) is 10.0 Å². The molecular formula is C13H20N4O2S. The Morgan fingerprint density at radius 2 is 1.80 bits per heavy atom. The van der Waals surface area contributed by atoms with E-state index < -0.39 is 10.0 Å². The third kappa shape index (κ3) is 2.40. The summed E-state index contributed by atoms with van der Waals surface area (Å²) in [5.74, 6) is 0.701. The van der Waals surface area contributed by atoms with Gasteiger partial charge in [-0.3, -0.25) is 0 Å². The van der Waals surface area contributed by atoms with Gasteiger partial charge in [-0.15, -0.1) is 0 Å². The van der Waals surface area contributed by atoms with Crippen molar-refractivity contribution in [1.82, 2.24) is 14.3 Å². The molecule has 3 rings (SSSR count). The SMILES string of the molecule is CS(=O)(=O)N1CCC[C@]12CCCN(c1ncccn1)C2. The summed E-state index contributed by atoms with van der Waals surface area (Å²) >= 11 is 0. The highest BCUT2D eigenvalue weighted by atomic mass is 32.2. The van der Waals surface area contributed by atoms with E-state index in [1.807, 2.05) is 0 Å². The number of hydrogen-bond acceptors (Lipinski definition) is 5. The molecule has 0 saturated carbocycles. The van der Waals surface area contributed by atoms with E-state index in [0.717, 1.165) is 32.2 Å². The molecule has 0 amide bonds. The van der Waals surface area contributed by atoms with Crippen LogP contribution in [0.1, 0.15) is 25.7 Å². The minimum absolute atomic E-state index is 0.259. The Hall–Kier alpha value is -1.21. The van der Waals surface area contributed by atoms with E-state index in [0.29, 0.717) is 19.0 Å². The lowest BCUT2D eigenvalue weighted by Crippen LogP contribution is -2.57. The molecule has 1 atom stereocenters. The first kappa shape index (κ1) is 13.8. The van der Waals surface area contributed by atoms with Gasteiger partial charge < -0.3 is 4.90 Å². The van der Waals surface area contributed by atoms with Gasteiger partial charge in [-0.05, 0) is 31.7 Å². The first-order valence-electron chi connectivity index (χ1n) is 7.01. The van der Waals surface area contributed by atoms with Gasteiger partial charge in [-0.2, -0.15) is 4.31 Å². The second kappa shape index (κ2) is 4.96. The van der Waals surface area contributed by atoms with Crippen molar-refractivity contribution in [1.29, 1.82) is 0 Å². The highest BCUT2D eigenvalue weighted by Crippen LogP contribution is 2.39. The average Bonchev–Trinajstić information content (AvgIpc) is 2.83. The van der Waals surface area contributed by atoms with Gasteiger partial charge in [0.05, 0.1) is 11.8 Å². The summed E-state index contributed by atoms with van der Waals surface area (Å²) in [5.41, 5.74) is -0.259. The summed E-state index contributed by atoms with van der Waals surface area (Å²) in [4.78, 5) is 10.7. The summed E-state index contributed by atoms with van der Waals surface area (Å²) in [5, 5.41) is 0. The first-order valence-corrected chi connectivity index (χ1v) is 8.86. The van der Waals surface area contributed by atoms with Crippen LogP contribution in [0.15, 0.2) is 18.5 Å². The van der Waals surface area contributed by atoms with Crippen LogP contribution in [0.25, 0.3) is 0 Å². The van der Waals surface area contributed by atoms with Crippen LogP contribution in [0, 0.1) is 0 Å². The maximum Gasteiger partial charge on any atom is 0.225 e. The monoisotopic (exact) mass is 296 g/mol. The van der Waals surface area contributed by atoms with Crippen molar-refractivity contribution in [2.24, 2.45) is 0 Å². The Kier molecular flexibility index (Phi) is 3.41. The molecular weight excluding hydrogens is 276 g/mol. The number of anilines is 1. The Morgan fingerprint density at radius 1 is 1.15 bits per heavy atom. The highest BCUT2D eigenvalue weighted by Gasteiger charge is 2.48. The third-order valence-electron chi connectivity index (χ3n) is 4.32. The van der Waals surface area contributed by atoms with Crippen LogP contribution in [0.4, 0.5) is 5.95 Å². The zero-order chi connectivity index (χ0) is 14.2. The van der Waals surface area contributed by atoms with Crippen LogP contribution in [-0.4, -0.2) is 54.1 Å². The maximum atomic E-state index is 12.0. The fourth-order valence-electron chi connectivity index (χ4n) is 3.58. The van der Waals surface area contributed by atoms with Crippen molar-refractivity contribution in [2.75, 3.05) is 30.8 Å². The average molecular weight is 296 g/mol. The van der Waals surface area contributed by atoms with E-state index in [1.165, 1.54) is 6.26 Å². The predicted octanol–water partition coefficient (Wildman–Crippen LogP) is 0.871. The number of nitrogens with zero attached hydrogens (tertiary/aromatic N) is 4. The Labute approximate surface area is 119 Å². The number of aromatic nitrogens is 2. The van der Waals surface area contributed by atoms with E-state index in [1.54, 1.807) is 22.8 Å². The van der Waals surface area contributed by atoms with Crippen molar-refractivity contribution in [2.45, 2.75) is 31.2 Å². The summed E-state index contributed by atoms with van der Waals surface area (Å²) in [7, 11) is -3.15. The van der Waals surface area contributed by atoms with E-state index in [2.05, 4.69) is 14.9 Å². The molecule has 7 heteroatoms. The number of sulfonamides is 1. The fraction of sp³-hybridized carbons (Fsp3) is 0.692. The molecule has 0 unspecified atom stereocenters. The summed E-state index contributed by atoms with van der Waals surface area (Å²) in [6.07, 6.45) is 8.56. The Bertz CT molecular complexity index is 577. The van der Waals surface area contributed by atoms with Crippen LogP contribution >= 0.6 is 0 Å². The molecule has 1 aromatic heterocycles. The van der Waals surface area contributed by atoms with Crippen LogP contribution in [0.3, 0.4) is 0 Å². The quantitative estimate of drug-likeness (QED) is 0.810. The fourth-order valence-corrected chi connectivity index (χ4v) is 4.98. The van der Waals surface area contributed by atoms with Crippen molar-refractivity contribution in [3.05, 3.63) is 18.5 Å². The maximum absolute atomic E-state index is 12.0. The molecule has 0 N–H and O–H groups in total. The third-order valence-corrected chi connectivity index (χ3v) is 5.69. The topological polar surface area (TPSA) is 66.4 Å². The molecule has 0 aliphatic carbocycles. The molecule has 6 nitrogen and oxygen atoms in total. The Balaban J connectivity index is 1.88. The van der Waals surface area contributed by atoms with Gasteiger partial charge in [-0.1, -0.05) is 0 Å². The lowest BCUT2D eigenvalue weighted by Gasteiger charge is -2.44. The lowest BCUT2D eigenvalue weighted by molar-refractivity contribution is 0.203. The highest BCUT2D eigenvalue weighted by molar-refractivity contribution is 7.88. The van der Waals surface area contributed by atoms with Crippen LogP contribution in [0.2, 0.25) is 0 Å². The second-order valence-electron chi connectivity index (χ2n) is 5.74. The molecule has 2 saturated heterocycles. The molecule has 20 heavy (non-hydrogen) atoms. The first-order chi connectivity index (χ1) is 9.51. The predicted molar refractivity (Wildman–Crippen MR) is 77.0 cm³/mol. The van der Waals surface area contributed by atoms with E-state index in [4.69, 9.17) is 0 Å².